The number of hydrogen-bond acceptors (Lipinski definition) is 3. The fraction of sp³-hybridized carbons (Fsp3) is 0.333. The first-order valence-electron chi connectivity index (χ1n) is 5.43. The average molecular weight is 216 g/mol. The Morgan fingerprint density at radius 1 is 1.31 bits per heavy atom. The van der Waals surface area contributed by atoms with Gasteiger partial charge in [-0.05, 0) is 32.9 Å². The van der Waals surface area contributed by atoms with Crippen LogP contribution in [0.15, 0.2) is 24.5 Å². The van der Waals surface area contributed by atoms with Crippen LogP contribution in [0.25, 0.3) is 0 Å². The molecule has 2 rings (SSSR count). The van der Waals surface area contributed by atoms with Crippen LogP contribution in [0.2, 0.25) is 0 Å². The molecule has 0 atom stereocenters. The molecule has 84 valence electrons. The maximum Gasteiger partial charge on any atom is 0.207 e. The molecule has 0 spiro atoms. The van der Waals surface area contributed by atoms with E-state index in [9.17, 15) is 0 Å². The van der Waals surface area contributed by atoms with Crippen LogP contribution in [0.4, 0.5) is 11.6 Å². The summed E-state index contributed by atoms with van der Waals surface area (Å²) in [5, 5.41) is 3.29. The topological polar surface area (TPSA) is 42.7 Å². The molecule has 1 N–H and O–H groups in total. The molecule has 4 nitrogen and oxygen atoms in total. The summed E-state index contributed by atoms with van der Waals surface area (Å²) in [6.07, 6.45) is 3.75. The number of anilines is 2. The van der Waals surface area contributed by atoms with Crippen molar-refractivity contribution in [2.75, 3.05) is 5.32 Å². The number of imidazole rings is 1. The Morgan fingerprint density at radius 3 is 2.81 bits per heavy atom. The summed E-state index contributed by atoms with van der Waals surface area (Å²) in [5.41, 5.74) is 3.03. The Morgan fingerprint density at radius 2 is 2.12 bits per heavy atom. The van der Waals surface area contributed by atoms with E-state index in [-0.39, 0.29) is 0 Å². The van der Waals surface area contributed by atoms with Crippen molar-refractivity contribution in [1.29, 1.82) is 0 Å². The van der Waals surface area contributed by atoms with Crippen molar-refractivity contribution in [3.63, 3.8) is 0 Å². The number of hydrogen-bond donors (Lipinski definition) is 1. The van der Waals surface area contributed by atoms with E-state index in [0.29, 0.717) is 0 Å². The van der Waals surface area contributed by atoms with Gasteiger partial charge < -0.3 is 9.88 Å². The number of rotatable bonds is 3. The highest BCUT2D eigenvalue weighted by atomic mass is 15.2. The molecule has 0 aliphatic heterocycles. The van der Waals surface area contributed by atoms with E-state index in [1.807, 2.05) is 32.2 Å². The second-order valence-electron chi connectivity index (χ2n) is 3.75. The predicted molar refractivity (Wildman–Crippen MR) is 64.9 cm³/mol. The standard InChI is InChI=1S/C12H16N4/c1-4-16-8-7-13-12(16)15-11-6-5-9(2)14-10(11)3/h5-8H,4H2,1-3H3,(H,13,15). The summed E-state index contributed by atoms with van der Waals surface area (Å²) in [4.78, 5) is 8.68. The summed E-state index contributed by atoms with van der Waals surface area (Å²) in [6.45, 7) is 6.98. The summed E-state index contributed by atoms with van der Waals surface area (Å²) in [7, 11) is 0. The number of pyridine rings is 1. The number of nitrogens with zero attached hydrogens (tertiary/aromatic N) is 3. The number of aromatic nitrogens is 3. The van der Waals surface area contributed by atoms with Crippen LogP contribution >= 0.6 is 0 Å². The fourth-order valence-corrected chi connectivity index (χ4v) is 1.63. The van der Waals surface area contributed by atoms with Gasteiger partial charge in [0.15, 0.2) is 0 Å². The van der Waals surface area contributed by atoms with Crippen LogP contribution in [-0.4, -0.2) is 14.5 Å². The van der Waals surface area contributed by atoms with Gasteiger partial charge in [0.25, 0.3) is 0 Å². The van der Waals surface area contributed by atoms with Crippen molar-refractivity contribution < 1.29 is 0 Å². The lowest BCUT2D eigenvalue weighted by molar-refractivity contribution is 0.771. The third kappa shape index (κ3) is 2.05. The van der Waals surface area contributed by atoms with Gasteiger partial charge in [-0.25, -0.2) is 4.98 Å². The van der Waals surface area contributed by atoms with Crippen LogP contribution in [-0.2, 0) is 6.54 Å². The average Bonchev–Trinajstić information content (AvgIpc) is 2.69. The zero-order chi connectivity index (χ0) is 11.5. The highest BCUT2D eigenvalue weighted by molar-refractivity contribution is 5.56. The molecule has 0 aliphatic carbocycles. The normalized spacial score (nSPS) is 10.4. The molecule has 2 aromatic heterocycles. The lowest BCUT2D eigenvalue weighted by Crippen LogP contribution is -2.03. The maximum atomic E-state index is 4.41. The predicted octanol–water partition coefficient (Wildman–Crippen LogP) is 2.66. The van der Waals surface area contributed by atoms with E-state index >= 15 is 0 Å². The number of nitrogens with one attached hydrogen (secondary N) is 1. The maximum absolute atomic E-state index is 4.41. The minimum atomic E-state index is 0.858. The van der Waals surface area contributed by atoms with Crippen LogP contribution in [0.1, 0.15) is 18.3 Å². The van der Waals surface area contributed by atoms with Gasteiger partial charge in [0.1, 0.15) is 0 Å². The van der Waals surface area contributed by atoms with E-state index in [2.05, 4.69) is 26.8 Å². The molecule has 0 radical (unpaired) electrons. The quantitative estimate of drug-likeness (QED) is 0.857. The SMILES string of the molecule is CCn1ccnc1Nc1ccc(C)nc1C. The smallest absolute Gasteiger partial charge is 0.207 e. The van der Waals surface area contributed by atoms with Gasteiger partial charge >= 0.3 is 0 Å². The van der Waals surface area contributed by atoms with Crippen molar-refractivity contribution in [3.8, 4) is 0 Å². The molecule has 16 heavy (non-hydrogen) atoms. The van der Waals surface area contributed by atoms with Gasteiger partial charge in [-0.1, -0.05) is 0 Å². The summed E-state index contributed by atoms with van der Waals surface area (Å²) >= 11 is 0. The third-order valence-corrected chi connectivity index (χ3v) is 2.53. The lowest BCUT2D eigenvalue weighted by Gasteiger charge is -2.10. The van der Waals surface area contributed by atoms with Gasteiger partial charge in [0.05, 0.1) is 11.4 Å². The molecule has 2 aromatic rings. The van der Waals surface area contributed by atoms with Gasteiger partial charge in [-0.2, -0.15) is 0 Å². The number of aryl methyl sites for hydroxylation is 3. The Hall–Kier alpha value is -1.84. The largest absolute Gasteiger partial charge is 0.324 e. The first-order chi connectivity index (χ1) is 7.70. The molecule has 0 fully saturated rings. The monoisotopic (exact) mass is 216 g/mol. The second-order valence-corrected chi connectivity index (χ2v) is 3.75. The molecular formula is C12H16N4. The van der Waals surface area contributed by atoms with Crippen molar-refractivity contribution >= 4 is 11.6 Å². The highest BCUT2D eigenvalue weighted by Gasteiger charge is 2.04. The Balaban J connectivity index is 2.27. The zero-order valence-electron chi connectivity index (χ0n) is 9.86. The molecule has 0 aliphatic rings. The summed E-state index contributed by atoms with van der Waals surface area (Å²) in [6, 6.07) is 4.03. The molecular weight excluding hydrogens is 200 g/mol. The third-order valence-electron chi connectivity index (χ3n) is 2.53. The van der Waals surface area contributed by atoms with E-state index in [4.69, 9.17) is 0 Å². The van der Waals surface area contributed by atoms with Gasteiger partial charge in [-0.15, -0.1) is 0 Å². The zero-order valence-corrected chi connectivity index (χ0v) is 9.86. The fourth-order valence-electron chi connectivity index (χ4n) is 1.63. The van der Waals surface area contributed by atoms with E-state index in [0.717, 1.165) is 29.6 Å². The first-order valence-corrected chi connectivity index (χ1v) is 5.43. The molecule has 0 saturated heterocycles. The van der Waals surface area contributed by atoms with Crippen molar-refractivity contribution in [1.82, 2.24) is 14.5 Å². The Bertz CT molecular complexity index is 488. The molecule has 0 unspecified atom stereocenters. The Kier molecular flexibility index (Phi) is 2.90. The summed E-state index contributed by atoms with van der Waals surface area (Å²) < 4.78 is 2.05. The molecule has 0 saturated carbocycles. The van der Waals surface area contributed by atoms with E-state index in [1.165, 1.54) is 0 Å². The molecule has 0 amide bonds. The lowest BCUT2D eigenvalue weighted by atomic mass is 10.3. The minimum absolute atomic E-state index is 0.858. The first kappa shape index (κ1) is 10.7. The Labute approximate surface area is 95.4 Å². The van der Waals surface area contributed by atoms with Crippen LogP contribution in [0.5, 0.6) is 0 Å². The molecule has 0 aromatic carbocycles. The van der Waals surface area contributed by atoms with Gasteiger partial charge in [-0.3, -0.25) is 4.98 Å². The van der Waals surface area contributed by atoms with Gasteiger partial charge in [0.2, 0.25) is 5.95 Å². The van der Waals surface area contributed by atoms with Crippen LogP contribution < -0.4 is 5.32 Å². The van der Waals surface area contributed by atoms with Gasteiger partial charge in [0, 0.05) is 24.6 Å². The van der Waals surface area contributed by atoms with Crippen molar-refractivity contribution in [2.45, 2.75) is 27.3 Å². The molecule has 2 heterocycles. The highest BCUT2D eigenvalue weighted by Crippen LogP contribution is 2.18. The van der Waals surface area contributed by atoms with E-state index in [1.54, 1.807) is 6.20 Å². The molecule has 0 bridgehead atoms. The molecule has 4 heteroatoms. The van der Waals surface area contributed by atoms with Crippen LogP contribution in [0, 0.1) is 13.8 Å². The minimum Gasteiger partial charge on any atom is -0.324 e. The van der Waals surface area contributed by atoms with Crippen molar-refractivity contribution in [2.24, 2.45) is 0 Å². The second kappa shape index (κ2) is 4.35. The summed E-state index contributed by atoms with van der Waals surface area (Å²) in [5.74, 6) is 0.858. The van der Waals surface area contributed by atoms with E-state index < -0.39 is 0 Å². The van der Waals surface area contributed by atoms with Crippen molar-refractivity contribution in [3.05, 3.63) is 35.9 Å². The van der Waals surface area contributed by atoms with Crippen LogP contribution in [0.3, 0.4) is 0 Å².